The van der Waals surface area contributed by atoms with Gasteiger partial charge in [0.25, 0.3) is 0 Å². The lowest BCUT2D eigenvalue weighted by atomic mass is 9.89. The second kappa shape index (κ2) is 7.10. The number of amides is 1. The number of nitrogens with one attached hydrogen (secondary N) is 1. The van der Waals surface area contributed by atoms with E-state index in [0.29, 0.717) is 0 Å². The van der Waals surface area contributed by atoms with Gasteiger partial charge in [0.05, 0.1) is 17.4 Å². The van der Waals surface area contributed by atoms with E-state index in [0.717, 1.165) is 25.1 Å². The van der Waals surface area contributed by atoms with Crippen LogP contribution in [0.4, 0.5) is 16.2 Å². The van der Waals surface area contributed by atoms with Gasteiger partial charge in [-0.05, 0) is 65.0 Å². The first-order valence-corrected chi connectivity index (χ1v) is 10.3. The summed E-state index contributed by atoms with van der Waals surface area (Å²) in [6, 6.07) is 8.71. The zero-order valence-electron chi connectivity index (χ0n) is 16.8. The Bertz CT molecular complexity index is 750. The molecule has 0 saturated heterocycles. The van der Waals surface area contributed by atoms with Crippen LogP contribution in [-0.4, -0.2) is 24.3 Å². The van der Waals surface area contributed by atoms with Crippen LogP contribution >= 0.6 is 0 Å². The molecule has 146 valence electrons. The van der Waals surface area contributed by atoms with Crippen molar-refractivity contribution in [2.24, 2.45) is 0 Å². The summed E-state index contributed by atoms with van der Waals surface area (Å²) in [5.74, 6) is 0. The van der Waals surface area contributed by atoms with Crippen molar-refractivity contribution < 1.29 is 9.53 Å². The van der Waals surface area contributed by atoms with E-state index in [-0.39, 0.29) is 12.1 Å². The number of hydrogen-bond acceptors (Lipinski definition) is 4. The number of carbonyl (C=O) groups is 1. The van der Waals surface area contributed by atoms with Crippen molar-refractivity contribution >= 4 is 17.5 Å². The lowest BCUT2D eigenvalue weighted by molar-refractivity contribution is 0.0514. The van der Waals surface area contributed by atoms with Gasteiger partial charge in [0.2, 0.25) is 0 Å². The molecule has 0 radical (unpaired) electrons. The Labute approximate surface area is 162 Å². The van der Waals surface area contributed by atoms with Gasteiger partial charge in [-0.1, -0.05) is 24.1 Å². The molecule has 27 heavy (non-hydrogen) atoms. The first-order valence-electron chi connectivity index (χ1n) is 10.3. The van der Waals surface area contributed by atoms with Crippen molar-refractivity contribution in [1.29, 1.82) is 0 Å². The van der Waals surface area contributed by atoms with E-state index >= 15 is 0 Å². The molecular weight excluding hydrogens is 338 g/mol. The van der Waals surface area contributed by atoms with Gasteiger partial charge in [-0.3, -0.25) is 5.01 Å². The maximum absolute atomic E-state index is 12.6. The summed E-state index contributed by atoms with van der Waals surface area (Å²) >= 11 is 0. The molecule has 3 aliphatic rings. The predicted octanol–water partition coefficient (Wildman–Crippen LogP) is 5.13. The Kier molecular flexibility index (Phi) is 4.79. The number of hydrogen-bond donors (Lipinski definition) is 1. The fourth-order valence-corrected chi connectivity index (χ4v) is 4.62. The van der Waals surface area contributed by atoms with Gasteiger partial charge in [-0.2, -0.15) is 0 Å². The smallest absolute Gasteiger partial charge is 0.426 e. The fraction of sp³-hybridized carbons (Fsp3) is 0.591. The highest BCUT2D eigenvalue weighted by atomic mass is 16.6. The number of nitrogens with zero attached hydrogens (tertiary/aromatic N) is 2. The summed E-state index contributed by atoms with van der Waals surface area (Å²) in [4.78, 5) is 15.1. The van der Waals surface area contributed by atoms with Crippen LogP contribution < -0.4 is 15.3 Å². The minimum Gasteiger partial charge on any atom is -0.443 e. The summed E-state index contributed by atoms with van der Waals surface area (Å²) in [7, 11) is 0. The Morgan fingerprint density at radius 1 is 1.11 bits per heavy atom. The van der Waals surface area contributed by atoms with Crippen molar-refractivity contribution in [1.82, 2.24) is 5.43 Å². The normalized spacial score (nSPS) is 22.4. The largest absolute Gasteiger partial charge is 0.443 e. The van der Waals surface area contributed by atoms with Crippen LogP contribution in [0, 0.1) is 0 Å². The Morgan fingerprint density at radius 2 is 1.85 bits per heavy atom. The molecule has 4 rings (SSSR count). The van der Waals surface area contributed by atoms with Crippen LogP contribution in [0.3, 0.4) is 0 Å². The molecule has 1 aromatic rings. The number of para-hydroxylation sites is 2. The summed E-state index contributed by atoms with van der Waals surface area (Å²) in [6.45, 7) is 6.76. The van der Waals surface area contributed by atoms with Gasteiger partial charge in [-0.15, -0.1) is 0 Å². The van der Waals surface area contributed by atoms with Gasteiger partial charge in [0.1, 0.15) is 5.60 Å². The van der Waals surface area contributed by atoms with E-state index in [9.17, 15) is 4.79 Å². The lowest BCUT2D eigenvalue weighted by Crippen LogP contribution is -2.50. The molecular formula is C22H31N3O2. The van der Waals surface area contributed by atoms with Crippen LogP contribution in [-0.2, 0) is 4.74 Å². The van der Waals surface area contributed by atoms with Gasteiger partial charge in [0.15, 0.2) is 0 Å². The third-order valence-electron chi connectivity index (χ3n) is 5.70. The maximum Gasteiger partial charge on any atom is 0.426 e. The number of ether oxygens (including phenoxy) is 1. The predicted molar refractivity (Wildman–Crippen MR) is 109 cm³/mol. The number of anilines is 2. The first-order chi connectivity index (χ1) is 12.9. The Balaban J connectivity index is 1.74. The quantitative estimate of drug-likeness (QED) is 0.745. The van der Waals surface area contributed by atoms with Crippen molar-refractivity contribution in [3.8, 4) is 0 Å². The van der Waals surface area contributed by atoms with Gasteiger partial charge in [0, 0.05) is 18.7 Å². The summed E-state index contributed by atoms with van der Waals surface area (Å²) < 4.78 is 5.56. The van der Waals surface area contributed by atoms with E-state index in [1.807, 2.05) is 20.8 Å². The topological polar surface area (TPSA) is 44.8 Å². The Hall–Kier alpha value is -2.17. The van der Waals surface area contributed by atoms with E-state index in [4.69, 9.17) is 4.74 Å². The number of benzene rings is 1. The first kappa shape index (κ1) is 18.2. The van der Waals surface area contributed by atoms with Crippen LogP contribution in [0.15, 0.2) is 35.5 Å². The zero-order chi connectivity index (χ0) is 19.0. The molecule has 1 amide bonds. The molecule has 2 aliphatic heterocycles. The summed E-state index contributed by atoms with van der Waals surface area (Å²) in [5, 5.41) is 2.08. The molecule has 0 aromatic heterocycles. The highest BCUT2D eigenvalue weighted by Gasteiger charge is 2.35. The molecule has 2 heterocycles. The molecule has 1 N–H and O–H groups in total. The third kappa shape index (κ3) is 3.78. The van der Waals surface area contributed by atoms with Crippen molar-refractivity contribution in [2.45, 2.75) is 77.4 Å². The summed E-state index contributed by atoms with van der Waals surface area (Å²) in [5.41, 5.74) is 7.96. The van der Waals surface area contributed by atoms with E-state index in [2.05, 4.69) is 39.6 Å². The van der Waals surface area contributed by atoms with E-state index in [1.54, 1.807) is 5.57 Å². The zero-order valence-corrected chi connectivity index (χ0v) is 16.8. The second-order valence-corrected chi connectivity index (χ2v) is 8.88. The van der Waals surface area contributed by atoms with Gasteiger partial charge < -0.3 is 9.64 Å². The minimum atomic E-state index is -0.510. The summed E-state index contributed by atoms with van der Waals surface area (Å²) in [6.07, 6.45) is 7.76. The molecule has 5 nitrogen and oxygen atoms in total. The third-order valence-corrected chi connectivity index (χ3v) is 5.70. The monoisotopic (exact) mass is 369 g/mol. The van der Waals surface area contributed by atoms with Crippen LogP contribution in [0.25, 0.3) is 0 Å². The van der Waals surface area contributed by atoms with E-state index in [1.165, 1.54) is 43.5 Å². The SMILES string of the molecule is CC(C)(C)OC(=O)NN1c2ccccc2N2CCCC3=C2CC1CCCC3. The average molecular weight is 370 g/mol. The second-order valence-electron chi connectivity index (χ2n) is 8.88. The molecule has 1 aromatic carbocycles. The van der Waals surface area contributed by atoms with Crippen LogP contribution in [0.5, 0.6) is 0 Å². The molecule has 1 atom stereocenters. The number of hydrazine groups is 1. The average Bonchev–Trinajstić information content (AvgIpc) is 2.71. The molecule has 1 aliphatic carbocycles. The van der Waals surface area contributed by atoms with E-state index < -0.39 is 5.60 Å². The number of rotatable bonds is 1. The highest BCUT2D eigenvalue weighted by molar-refractivity contribution is 5.79. The van der Waals surface area contributed by atoms with Crippen molar-refractivity contribution in [3.05, 3.63) is 35.5 Å². The minimum absolute atomic E-state index is 0.257. The molecule has 1 unspecified atom stereocenters. The Morgan fingerprint density at radius 3 is 2.63 bits per heavy atom. The molecule has 0 saturated carbocycles. The van der Waals surface area contributed by atoms with Crippen LogP contribution in [0.1, 0.15) is 65.7 Å². The van der Waals surface area contributed by atoms with Gasteiger partial charge in [-0.25, -0.2) is 10.2 Å². The van der Waals surface area contributed by atoms with Crippen molar-refractivity contribution in [2.75, 3.05) is 16.5 Å². The number of allylic oxidation sites excluding steroid dienone is 1. The van der Waals surface area contributed by atoms with Gasteiger partial charge >= 0.3 is 6.09 Å². The maximum atomic E-state index is 12.6. The number of fused-ring (bicyclic) bond motifs is 3. The number of carbonyl (C=O) groups excluding carboxylic acids is 1. The molecule has 0 fully saturated rings. The lowest BCUT2D eigenvalue weighted by Gasteiger charge is -2.35. The fourth-order valence-electron chi connectivity index (χ4n) is 4.62. The molecule has 2 bridgehead atoms. The standard InChI is InChI=1S/C22H31N3O2/c1-22(2,3)27-21(26)23-25-17-11-5-4-9-16-10-8-14-24(20(16)15-17)18-12-6-7-13-19(18)25/h6-7,12-13,17H,4-5,8-11,14-15H2,1-3H3,(H,23,26). The highest BCUT2D eigenvalue weighted by Crippen LogP contribution is 2.43. The van der Waals surface area contributed by atoms with Crippen molar-refractivity contribution in [3.63, 3.8) is 0 Å². The molecule has 5 heteroatoms. The van der Waals surface area contributed by atoms with Crippen LogP contribution in [0.2, 0.25) is 0 Å². The molecule has 0 spiro atoms.